The van der Waals surface area contributed by atoms with Gasteiger partial charge in [-0.3, -0.25) is 0 Å². The Morgan fingerprint density at radius 1 is 1.03 bits per heavy atom. The predicted molar refractivity (Wildman–Crippen MR) is 116 cm³/mol. The molecule has 1 aromatic heterocycles. The van der Waals surface area contributed by atoms with E-state index in [0.717, 1.165) is 11.3 Å². The van der Waals surface area contributed by atoms with Crippen LogP contribution in [0.2, 0.25) is 5.02 Å². The lowest BCUT2D eigenvalue weighted by Crippen LogP contribution is -2.03. The number of nitrogens with one attached hydrogen (secondary N) is 1. The molecule has 4 rings (SSSR count). The van der Waals surface area contributed by atoms with E-state index in [9.17, 15) is 4.39 Å². The third kappa shape index (κ3) is 4.92. The van der Waals surface area contributed by atoms with Gasteiger partial charge in [0.25, 0.3) is 0 Å². The van der Waals surface area contributed by atoms with Gasteiger partial charge in [-0.2, -0.15) is 4.68 Å². The zero-order chi connectivity index (χ0) is 21.6. The van der Waals surface area contributed by atoms with Crippen molar-refractivity contribution in [3.05, 3.63) is 83.1 Å². The van der Waals surface area contributed by atoms with Crippen LogP contribution >= 0.6 is 11.6 Å². The van der Waals surface area contributed by atoms with Gasteiger partial charge in [0.2, 0.25) is 0 Å². The topological polar surface area (TPSA) is 74.1 Å². The number of nitrogens with zero attached hydrogens (tertiary/aromatic N) is 4. The van der Waals surface area contributed by atoms with Crippen molar-refractivity contribution in [2.75, 3.05) is 11.9 Å². The Balaban J connectivity index is 1.53. The van der Waals surface area contributed by atoms with Crippen molar-refractivity contribution in [1.82, 2.24) is 20.2 Å². The van der Waals surface area contributed by atoms with Crippen LogP contribution in [0.4, 0.5) is 10.1 Å². The first-order valence-corrected chi connectivity index (χ1v) is 9.98. The third-order valence-electron chi connectivity index (χ3n) is 4.37. The van der Waals surface area contributed by atoms with Gasteiger partial charge in [0.05, 0.1) is 17.3 Å². The first kappa shape index (κ1) is 20.6. The van der Waals surface area contributed by atoms with Crippen molar-refractivity contribution in [2.24, 2.45) is 0 Å². The number of hydrogen-bond acceptors (Lipinski definition) is 6. The maximum atomic E-state index is 13.3. The van der Waals surface area contributed by atoms with Crippen LogP contribution in [0, 0.1) is 5.82 Å². The van der Waals surface area contributed by atoms with E-state index in [-0.39, 0.29) is 11.0 Å². The van der Waals surface area contributed by atoms with Crippen LogP contribution in [0.15, 0.2) is 66.7 Å². The molecule has 0 bridgehead atoms. The number of halogens is 2. The monoisotopic (exact) mass is 439 g/mol. The molecule has 0 aliphatic heterocycles. The second-order valence-corrected chi connectivity index (χ2v) is 6.91. The minimum absolute atomic E-state index is 0.0693. The molecule has 0 atom stereocenters. The first-order valence-electron chi connectivity index (χ1n) is 9.60. The maximum Gasteiger partial charge on any atom is 0.346 e. The smallest absolute Gasteiger partial charge is 0.346 e. The van der Waals surface area contributed by atoms with Gasteiger partial charge in [-0.15, -0.1) is 0 Å². The maximum absolute atomic E-state index is 13.3. The van der Waals surface area contributed by atoms with E-state index in [0.29, 0.717) is 30.3 Å². The summed E-state index contributed by atoms with van der Waals surface area (Å²) in [5.74, 6) is 0.592. The summed E-state index contributed by atoms with van der Waals surface area (Å²) < 4.78 is 26.5. The highest BCUT2D eigenvalue weighted by Crippen LogP contribution is 2.32. The van der Waals surface area contributed by atoms with Crippen LogP contribution in [0.1, 0.15) is 12.5 Å². The van der Waals surface area contributed by atoms with Crippen LogP contribution < -0.4 is 14.8 Å². The summed E-state index contributed by atoms with van der Waals surface area (Å²) in [7, 11) is 0. The highest BCUT2D eigenvalue weighted by atomic mass is 35.5. The fourth-order valence-corrected chi connectivity index (χ4v) is 3.08. The molecule has 0 amide bonds. The molecule has 1 N–H and O–H groups in total. The fraction of sp³-hybridized carbons (Fsp3) is 0.136. The van der Waals surface area contributed by atoms with Crippen LogP contribution in [-0.4, -0.2) is 26.8 Å². The Hall–Kier alpha value is -3.65. The van der Waals surface area contributed by atoms with Gasteiger partial charge < -0.3 is 14.8 Å². The van der Waals surface area contributed by atoms with Crippen LogP contribution in [-0.2, 0) is 6.54 Å². The molecule has 0 spiro atoms. The Kier molecular flexibility index (Phi) is 6.28. The largest absolute Gasteiger partial charge is 0.490 e. The van der Waals surface area contributed by atoms with Crippen LogP contribution in [0.5, 0.6) is 17.5 Å². The molecule has 4 aromatic rings. The Labute approximate surface area is 183 Å². The molecular formula is C22H19ClFN5O2. The lowest BCUT2D eigenvalue weighted by molar-refractivity contribution is 0.315. The zero-order valence-corrected chi connectivity index (χ0v) is 17.4. The number of tetrazole rings is 1. The quantitative estimate of drug-likeness (QED) is 0.403. The lowest BCUT2D eigenvalue weighted by Gasteiger charge is -2.13. The molecule has 0 radical (unpaired) electrons. The summed E-state index contributed by atoms with van der Waals surface area (Å²) in [6.07, 6.45) is 0. The number of benzene rings is 3. The van der Waals surface area contributed by atoms with Gasteiger partial charge in [0.1, 0.15) is 5.82 Å². The Morgan fingerprint density at radius 3 is 2.65 bits per heavy atom. The molecule has 3 aromatic carbocycles. The molecule has 0 unspecified atom stereocenters. The van der Waals surface area contributed by atoms with Gasteiger partial charge in [0.15, 0.2) is 11.5 Å². The summed E-state index contributed by atoms with van der Waals surface area (Å²) in [5, 5.41) is 15.0. The van der Waals surface area contributed by atoms with E-state index in [1.54, 1.807) is 18.2 Å². The number of aromatic nitrogens is 4. The predicted octanol–water partition coefficient (Wildman–Crippen LogP) is 5.26. The molecule has 0 saturated heterocycles. The van der Waals surface area contributed by atoms with E-state index in [1.165, 1.54) is 10.7 Å². The first-order chi connectivity index (χ1) is 15.1. The van der Waals surface area contributed by atoms with Crippen molar-refractivity contribution in [3.8, 4) is 23.2 Å². The molecule has 0 aliphatic rings. The summed E-state index contributed by atoms with van der Waals surface area (Å²) in [6.45, 7) is 2.84. The van der Waals surface area contributed by atoms with Crippen molar-refractivity contribution >= 4 is 17.3 Å². The Bertz CT molecular complexity index is 1170. The summed E-state index contributed by atoms with van der Waals surface area (Å²) in [4.78, 5) is 0. The van der Waals surface area contributed by atoms with Gasteiger partial charge in [-0.05, 0) is 65.4 Å². The normalized spacial score (nSPS) is 10.7. The van der Waals surface area contributed by atoms with Crippen LogP contribution in [0.25, 0.3) is 5.69 Å². The van der Waals surface area contributed by atoms with E-state index in [1.807, 2.05) is 49.4 Å². The number of hydrogen-bond donors (Lipinski definition) is 1. The molecule has 1 heterocycles. The summed E-state index contributed by atoms with van der Waals surface area (Å²) in [6, 6.07) is 19.7. The second-order valence-electron chi connectivity index (χ2n) is 6.51. The number of para-hydroxylation sites is 1. The molecule has 0 aliphatic carbocycles. The average molecular weight is 440 g/mol. The minimum atomic E-state index is -0.454. The van der Waals surface area contributed by atoms with E-state index < -0.39 is 5.82 Å². The van der Waals surface area contributed by atoms with Gasteiger partial charge >= 0.3 is 6.01 Å². The van der Waals surface area contributed by atoms with E-state index in [2.05, 4.69) is 20.8 Å². The molecule has 31 heavy (non-hydrogen) atoms. The molecule has 0 fully saturated rings. The molecular weight excluding hydrogens is 421 g/mol. The van der Waals surface area contributed by atoms with Crippen molar-refractivity contribution in [2.45, 2.75) is 13.5 Å². The summed E-state index contributed by atoms with van der Waals surface area (Å²) in [5.41, 5.74) is 2.44. The van der Waals surface area contributed by atoms with Crippen molar-refractivity contribution in [3.63, 3.8) is 0 Å². The minimum Gasteiger partial charge on any atom is -0.490 e. The average Bonchev–Trinajstić information content (AvgIpc) is 3.25. The Morgan fingerprint density at radius 2 is 1.87 bits per heavy atom. The molecule has 158 valence electrons. The molecule has 0 saturated carbocycles. The van der Waals surface area contributed by atoms with Gasteiger partial charge in [-0.25, -0.2) is 4.39 Å². The van der Waals surface area contributed by atoms with Gasteiger partial charge in [0, 0.05) is 12.2 Å². The summed E-state index contributed by atoms with van der Waals surface area (Å²) >= 11 is 5.84. The zero-order valence-electron chi connectivity index (χ0n) is 16.6. The SMILES string of the molecule is CCOc1cc(CNc2ccc(F)c(Cl)c2)ccc1Oc1nnnn1-c1ccccc1. The highest BCUT2D eigenvalue weighted by Gasteiger charge is 2.14. The van der Waals surface area contributed by atoms with Crippen LogP contribution in [0.3, 0.4) is 0 Å². The number of rotatable bonds is 8. The van der Waals surface area contributed by atoms with E-state index in [4.69, 9.17) is 21.1 Å². The van der Waals surface area contributed by atoms with Gasteiger partial charge in [-0.1, -0.05) is 41.0 Å². The molecule has 9 heteroatoms. The highest BCUT2D eigenvalue weighted by molar-refractivity contribution is 6.31. The van der Waals surface area contributed by atoms with Crippen molar-refractivity contribution in [1.29, 1.82) is 0 Å². The number of anilines is 1. The fourth-order valence-electron chi connectivity index (χ4n) is 2.90. The molecule has 7 nitrogen and oxygen atoms in total. The van der Waals surface area contributed by atoms with E-state index >= 15 is 0 Å². The third-order valence-corrected chi connectivity index (χ3v) is 4.66. The standard InChI is InChI=1S/C22H19ClFN5O2/c1-2-30-21-12-15(14-25-16-9-10-19(24)18(23)13-16)8-11-20(21)31-22-26-27-28-29(22)17-6-4-3-5-7-17/h3-13,25H,2,14H2,1H3. The van der Waals surface area contributed by atoms with Crippen molar-refractivity contribution < 1.29 is 13.9 Å². The number of ether oxygens (including phenoxy) is 2. The second kappa shape index (κ2) is 9.44. The lowest BCUT2D eigenvalue weighted by atomic mass is 10.2.